The number of aromatic nitrogens is 2. The van der Waals surface area contributed by atoms with Crippen molar-refractivity contribution in [2.24, 2.45) is 0 Å². The molecule has 1 amide bonds. The zero-order chi connectivity index (χ0) is 23.0. The van der Waals surface area contributed by atoms with Gasteiger partial charge in [-0.3, -0.25) is 14.5 Å². The standard InChI is InChI=1S/C22H17Cl2N3O4S/c1-3-31-14-7-4-12(5-8-14)19(28)17-18(13-6-9-15(23)16(24)10-13)27(21(30)20(17)29)22-26-25-11(2)32-22/h4-10,18,28H,3H2,1-2H3/b19-17-. The molecule has 0 radical (unpaired) electrons. The minimum absolute atomic E-state index is 0.0783. The van der Waals surface area contributed by atoms with Crippen LogP contribution in [0, 0.1) is 6.92 Å². The van der Waals surface area contributed by atoms with E-state index in [4.69, 9.17) is 27.9 Å². The lowest BCUT2D eigenvalue weighted by Crippen LogP contribution is -2.29. The summed E-state index contributed by atoms with van der Waals surface area (Å²) in [6.07, 6.45) is 0. The molecule has 0 aliphatic carbocycles. The Balaban J connectivity index is 1.90. The molecule has 1 aliphatic rings. The van der Waals surface area contributed by atoms with Gasteiger partial charge in [0.15, 0.2) is 0 Å². The minimum atomic E-state index is -0.955. The Hall–Kier alpha value is -2.94. The quantitative estimate of drug-likeness (QED) is 0.301. The van der Waals surface area contributed by atoms with Crippen LogP contribution in [0.5, 0.6) is 5.75 Å². The summed E-state index contributed by atoms with van der Waals surface area (Å²) >= 11 is 13.4. The van der Waals surface area contributed by atoms with E-state index in [1.807, 2.05) is 6.92 Å². The van der Waals surface area contributed by atoms with Gasteiger partial charge in [-0.15, -0.1) is 10.2 Å². The molecule has 0 saturated carbocycles. The number of halogens is 2. The van der Waals surface area contributed by atoms with Crippen LogP contribution >= 0.6 is 34.5 Å². The lowest BCUT2D eigenvalue weighted by molar-refractivity contribution is -0.132. The van der Waals surface area contributed by atoms with Gasteiger partial charge in [-0.1, -0.05) is 40.6 Å². The lowest BCUT2D eigenvalue weighted by Gasteiger charge is -2.23. The number of benzene rings is 2. The first-order valence-corrected chi connectivity index (χ1v) is 11.2. The van der Waals surface area contributed by atoms with Crippen LogP contribution in [0.3, 0.4) is 0 Å². The van der Waals surface area contributed by atoms with Crippen molar-refractivity contribution < 1.29 is 19.4 Å². The number of hydrogen-bond acceptors (Lipinski definition) is 7. The number of Topliss-reactive ketones (excluding diaryl/α,β-unsaturated/α-hetero) is 1. The van der Waals surface area contributed by atoms with E-state index in [1.165, 1.54) is 4.90 Å². The number of rotatable bonds is 5. The number of nitrogens with zero attached hydrogens (tertiary/aromatic N) is 3. The number of hydrogen-bond donors (Lipinski definition) is 1. The molecule has 7 nitrogen and oxygen atoms in total. The van der Waals surface area contributed by atoms with Gasteiger partial charge in [0.1, 0.15) is 16.5 Å². The molecule has 2 heterocycles. The van der Waals surface area contributed by atoms with E-state index >= 15 is 0 Å². The van der Waals surface area contributed by atoms with Gasteiger partial charge in [0.25, 0.3) is 5.78 Å². The topological polar surface area (TPSA) is 92.6 Å². The van der Waals surface area contributed by atoms with Gasteiger partial charge in [-0.05, 0) is 55.8 Å². The molecule has 1 aromatic heterocycles. The van der Waals surface area contributed by atoms with Gasteiger partial charge in [0.05, 0.1) is 28.3 Å². The van der Waals surface area contributed by atoms with E-state index < -0.39 is 17.7 Å². The third-order valence-electron chi connectivity index (χ3n) is 4.86. The molecule has 2 aromatic carbocycles. The van der Waals surface area contributed by atoms with E-state index in [1.54, 1.807) is 49.4 Å². The Morgan fingerprint density at radius 2 is 1.84 bits per heavy atom. The summed E-state index contributed by atoms with van der Waals surface area (Å²) in [4.78, 5) is 27.3. The molecule has 4 rings (SSSR count). The first-order chi connectivity index (χ1) is 15.3. The van der Waals surface area contributed by atoms with Gasteiger partial charge in [-0.2, -0.15) is 0 Å². The van der Waals surface area contributed by atoms with Crippen LogP contribution in [0.1, 0.15) is 29.1 Å². The summed E-state index contributed by atoms with van der Waals surface area (Å²) in [5, 5.41) is 20.5. The molecule has 0 bridgehead atoms. The van der Waals surface area contributed by atoms with Crippen molar-refractivity contribution in [1.29, 1.82) is 0 Å². The first-order valence-electron chi connectivity index (χ1n) is 9.61. The first kappa shape index (κ1) is 22.3. The monoisotopic (exact) mass is 489 g/mol. The van der Waals surface area contributed by atoms with E-state index in [-0.39, 0.29) is 21.5 Å². The molecule has 1 aliphatic heterocycles. The molecule has 1 unspecified atom stereocenters. The van der Waals surface area contributed by atoms with Gasteiger partial charge >= 0.3 is 5.91 Å². The van der Waals surface area contributed by atoms with E-state index in [2.05, 4.69) is 10.2 Å². The highest BCUT2D eigenvalue weighted by atomic mass is 35.5. The Morgan fingerprint density at radius 1 is 1.12 bits per heavy atom. The second-order valence-corrected chi connectivity index (χ2v) is 8.88. The fourth-order valence-corrected chi connectivity index (χ4v) is 4.46. The number of aliphatic hydroxyl groups is 1. The number of aryl methyl sites for hydroxylation is 1. The predicted molar refractivity (Wildman–Crippen MR) is 124 cm³/mol. The largest absolute Gasteiger partial charge is 0.507 e. The maximum absolute atomic E-state index is 13.1. The van der Waals surface area contributed by atoms with Crippen LogP contribution in [0.15, 0.2) is 48.0 Å². The molecule has 1 fully saturated rings. The fraction of sp³-hybridized carbons (Fsp3) is 0.182. The van der Waals surface area contributed by atoms with E-state index in [9.17, 15) is 14.7 Å². The van der Waals surface area contributed by atoms with Gasteiger partial charge < -0.3 is 9.84 Å². The van der Waals surface area contributed by atoms with Crippen LogP contribution in [0.2, 0.25) is 10.0 Å². The van der Waals surface area contributed by atoms with Crippen molar-refractivity contribution in [3.63, 3.8) is 0 Å². The van der Waals surface area contributed by atoms with Crippen LogP contribution < -0.4 is 9.64 Å². The molecule has 3 aromatic rings. The number of anilines is 1. The fourth-order valence-electron chi connectivity index (χ4n) is 3.44. The van der Waals surface area contributed by atoms with Crippen molar-refractivity contribution in [2.75, 3.05) is 11.5 Å². The van der Waals surface area contributed by atoms with Crippen LogP contribution in [-0.4, -0.2) is 33.6 Å². The van der Waals surface area contributed by atoms with E-state index in [0.29, 0.717) is 33.5 Å². The van der Waals surface area contributed by atoms with Crippen molar-refractivity contribution in [1.82, 2.24) is 10.2 Å². The highest BCUT2D eigenvalue weighted by Crippen LogP contribution is 2.44. The SMILES string of the molecule is CCOc1ccc(/C(O)=C2/C(=O)C(=O)N(c3nnc(C)s3)C2c2ccc(Cl)c(Cl)c2)cc1. The Bertz CT molecular complexity index is 1240. The third kappa shape index (κ3) is 3.97. The summed E-state index contributed by atoms with van der Waals surface area (Å²) in [7, 11) is 0. The van der Waals surface area contributed by atoms with Gasteiger partial charge in [0.2, 0.25) is 5.13 Å². The molecule has 1 N–H and O–H groups in total. The second kappa shape index (κ2) is 8.90. The van der Waals surface area contributed by atoms with Crippen molar-refractivity contribution in [2.45, 2.75) is 19.9 Å². The zero-order valence-corrected chi connectivity index (χ0v) is 19.3. The summed E-state index contributed by atoms with van der Waals surface area (Å²) in [5.41, 5.74) is 0.786. The smallest absolute Gasteiger partial charge is 0.301 e. The van der Waals surface area contributed by atoms with Crippen molar-refractivity contribution >= 4 is 57.1 Å². The highest BCUT2D eigenvalue weighted by Gasteiger charge is 2.48. The maximum Gasteiger partial charge on any atom is 0.301 e. The van der Waals surface area contributed by atoms with Crippen molar-refractivity contribution in [3.8, 4) is 5.75 Å². The Labute approximate surface area is 197 Å². The predicted octanol–water partition coefficient (Wildman–Crippen LogP) is 5.18. The van der Waals surface area contributed by atoms with Crippen molar-refractivity contribution in [3.05, 3.63) is 74.2 Å². The number of ketones is 1. The molecular weight excluding hydrogens is 473 g/mol. The average Bonchev–Trinajstić information content (AvgIpc) is 3.31. The van der Waals surface area contributed by atoms with Crippen LogP contribution in [-0.2, 0) is 9.59 Å². The molecular formula is C22H17Cl2N3O4S. The summed E-state index contributed by atoms with van der Waals surface area (Å²) < 4.78 is 5.43. The molecule has 164 valence electrons. The minimum Gasteiger partial charge on any atom is -0.507 e. The Kier molecular flexibility index (Phi) is 6.19. The molecule has 1 atom stereocenters. The highest BCUT2D eigenvalue weighted by molar-refractivity contribution is 7.15. The third-order valence-corrected chi connectivity index (χ3v) is 6.44. The number of ether oxygens (including phenoxy) is 1. The van der Waals surface area contributed by atoms with E-state index in [0.717, 1.165) is 11.3 Å². The molecule has 0 spiro atoms. The summed E-state index contributed by atoms with van der Waals surface area (Å²) in [6.45, 7) is 4.10. The van der Waals surface area contributed by atoms with Crippen LogP contribution in [0.25, 0.3) is 5.76 Å². The summed E-state index contributed by atoms with van der Waals surface area (Å²) in [6, 6.07) is 10.4. The number of amides is 1. The second-order valence-electron chi connectivity index (χ2n) is 6.90. The number of carbonyl (C=O) groups excluding carboxylic acids is 2. The number of carbonyl (C=O) groups is 2. The molecule has 10 heteroatoms. The van der Waals surface area contributed by atoms with Gasteiger partial charge in [-0.25, -0.2) is 0 Å². The maximum atomic E-state index is 13.1. The number of aliphatic hydroxyl groups excluding tert-OH is 1. The molecule has 1 saturated heterocycles. The lowest BCUT2D eigenvalue weighted by atomic mass is 9.95. The average molecular weight is 490 g/mol. The normalized spacial score (nSPS) is 17.8. The van der Waals surface area contributed by atoms with Gasteiger partial charge in [0, 0.05) is 5.56 Å². The zero-order valence-electron chi connectivity index (χ0n) is 17.0. The Morgan fingerprint density at radius 3 is 2.44 bits per heavy atom. The molecule has 32 heavy (non-hydrogen) atoms. The van der Waals surface area contributed by atoms with Crippen LogP contribution in [0.4, 0.5) is 5.13 Å². The summed E-state index contributed by atoms with van der Waals surface area (Å²) in [5.74, 6) is -1.34.